The summed E-state index contributed by atoms with van der Waals surface area (Å²) >= 11 is 6.31. The lowest BCUT2D eigenvalue weighted by molar-refractivity contribution is -0.135. The topological polar surface area (TPSA) is 130 Å². The van der Waals surface area contributed by atoms with Gasteiger partial charge in [0, 0.05) is 22.7 Å². The standard InChI is InChI=1S/C22H19ClN4O5/c1-11(2)31-17-7-6-12(8-16(17)23)22-26-20(27-32-22)14-5-3-4-13-15(9-24-19(13)14)21(30)25-10-18(28)29/h3-9,11,24H,10H2,1-2H3,(H,25,30)(H,28,29). The molecule has 3 N–H and O–H groups in total. The Balaban J connectivity index is 1.65. The highest BCUT2D eigenvalue weighted by atomic mass is 35.5. The Morgan fingerprint density at radius 3 is 2.81 bits per heavy atom. The molecule has 0 saturated carbocycles. The minimum Gasteiger partial charge on any atom is -0.489 e. The Hall–Kier alpha value is -3.85. The third kappa shape index (κ3) is 4.28. The first kappa shape index (κ1) is 21.4. The van der Waals surface area contributed by atoms with Crippen molar-refractivity contribution >= 4 is 34.4 Å². The van der Waals surface area contributed by atoms with Gasteiger partial charge in [-0.25, -0.2) is 0 Å². The summed E-state index contributed by atoms with van der Waals surface area (Å²) in [4.78, 5) is 30.5. The number of para-hydroxylation sites is 1. The van der Waals surface area contributed by atoms with E-state index in [1.54, 1.807) is 36.4 Å². The Kier molecular flexibility index (Phi) is 5.83. The highest BCUT2D eigenvalue weighted by Gasteiger charge is 2.19. The molecule has 0 spiro atoms. The molecule has 4 rings (SSSR count). The lowest BCUT2D eigenvalue weighted by atomic mass is 10.1. The molecule has 0 bridgehead atoms. The molecule has 164 valence electrons. The number of fused-ring (bicyclic) bond motifs is 1. The number of carbonyl (C=O) groups excluding carboxylic acids is 1. The molecule has 2 aromatic heterocycles. The van der Waals surface area contributed by atoms with E-state index in [0.29, 0.717) is 44.2 Å². The summed E-state index contributed by atoms with van der Waals surface area (Å²) in [7, 11) is 0. The second-order valence-electron chi connectivity index (χ2n) is 7.24. The van der Waals surface area contributed by atoms with Gasteiger partial charge in [0.25, 0.3) is 11.8 Å². The normalized spacial score (nSPS) is 11.1. The fraction of sp³-hybridized carbons (Fsp3) is 0.182. The summed E-state index contributed by atoms with van der Waals surface area (Å²) < 4.78 is 11.1. The number of carboxylic acid groups (broad SMARTS) is 1. The smallest absolute Gasteiger partial charge is 0.322 e. The number of nitrogens with one attached hydrogen (secondary N) is 2. The van der Waals surface area contributed by atoms with Gasteiger partial charge in [-0.05, 0) is 38.1 Å². The number of H-pyrrole nitrogens is 1. The predicted octanol–water partition coefficient (Wildman–Crippen LogP) is 4.14. The van der Waals surface area contributed by atoms with Gasteiger partial charge in [0.05, 0.1) is 22.2 Å². The number of nitrogens with zero attached hydrogens (tertiary/aromatic N) is 2. The van der Waals surface area contributed by atoms with E-state index in [1.165, 1.54) is 6.20 Å². The number of hydrogen-bond acceptors (Lipinski definition) is 6. The molecule has 0 radical (unpaired) electrons. The summed E-state index contributed by atoms with van der Waals surface area (Å²) in [5, 5.41) is 16.2. The summed E-state index contributed by atoms with van der Waals surface area (Å²) in [6.07, 6.45) is 1.50. The monoisotopic (exact) mass is 454 g/mol. The van der Waals surface area contributed by atoms with Crippen LogP contribution in [0.25, 0.3) is 33.7 Å². The van der Waals surface area contributed by atoms with Crippen LogP contribution < -0.4 is 10.1 Å². The largest absolute Gasteiger partial charge is 0.489 e. The van der Waals surface area contributed by atoms with Crippen LogP contribution in [0.2, 0.25) is 5.02 Å². The van der Waals surface area contributed by atoms with Crippen LogP contribution >= 0.6 is 11.6 Å². The van der Waals surface area contributed by atoms with Crippen molar-refractivity contribution in [2.24, 2.45) is 0 Å². The molecule has 0 aliphatic carbocycles. The molecular weight excluding hydrogens is 436 g/mol. The lowest BCUT2D eigenvalue weighted by Gasteiger charge is -2.11. The number of carboxylic acids is 1. The van der Waals surface area contributed by atoms with Gasteiger partial charge in [-0.3, -0.25) is 9.59 Å². The molecular formula is C22H19ClN4O5. The quantitative estimate of drug-likeness (QED) is 0.382. The Morgan fingerprint density at radius 1 is 1.28 bits per heavy atom. The van der Waals surface area contributed by atoms with E-state index in [1.807, 2.05) is 13.8 Å². The number of rotatable bonds is 7. The number of ether oxygens (including phenoxy) is 1. The zero-order valence-corrected chi connectivity index (χ0v) is 17.9. The minimum absolute atomic E-state index is 0.00857. The summed E-state index contributed by atoms with van der Waals surface area (Å²) in [6, 6.07) is 10.5. The average Bonchev–Trinajstić information content (AvgIpc) is 3.40. The van der Waals surface area contributed by atoms with Crippen molar-refractivity contribution in [3.8, 4) is 28.6 Å². The number of aromatic amines is 1. The predicted molar refractivity (Wildman–Crippen MR) is 118 cm³/mol. The molecule has 0 unspecified atom stereocenters. The number of carbonyl (C=O) groups is 2. The summed E-state index contributed by atoms with van der Waals surface area (Å²) in [5.41, 5.74) is 2.20. The van der Waals surface area contributed by atoms with E-state index in [9.17, 15) is 9.59 Å². The van der Waals surface area contributed by atoms with Crippen molar-refractivity contribution in [1.82, 2.24) is 20.4 Å². The number of halogens is 1. The second kappa shape index (κ2) is 8.72. The highest BCUT2D eigenvalue weighted by Crippen LogP contribution is 2.33. The lowest BCUT2D eigenvalue weighted by Crippen LogP contribution is -2.29. The molecule has 2 aromatic carbocycles. The van der Waals surface area contributed by atoms with Gasteiger partial charge >= 0.3 is 5.97 Å². The molecule has 4 aromatic rings. The average molecular weight is 455 g/mol. The number of hydrogen-bond donors (Lipinski definition) is 3. The van der Waals surface area contributed by atoms with E-state index < -0.39 is 18.4 Å². The molecule has 0 aliphatic heterocycles. The van der Waals surface area contributed by atoms with Crippen LogP contribution in [0.5, 0.6) is 5.75 Å². The zero-order valence-electron chi connectivity index (χ0n) is 17.2. The third-order valence-electron chi connectivity index (χ3n) is 4.57. The first-order valence-electron chi connectivity index (χ1n) is 9.74. The fourth-order valence-electron chi connectivity index (χ4n) is 3.21. The van der Waals surface area contributed by atoms with Crippen LogP contribution in [-0.4, -0.2) is 44.8 Å². The maximum absolute atomic E-state index is 12.3. The van der Waals surface area contributed by atoms with Crippen molar-refractivity contribution in [2.75, 3.05) is 6.54 Å². The molecule has 0 saturated heterocycles. The number of benzene rings is 2. The van der Waals surface area contributed by atoms with Crippen LogP contribution in [0.4, 0.5) is 0 Å². The van der Waals surface area contributed by atoms with Crippen LogP contribution in [-0.2, 0) is 4.79 Å². The van der Waals surface area contributed by atoms with Gasteiger partial charge < -0.3 is 24.7 Å². The van der Waals surface area contributed by atoms with Crippen LogP contribution in [0.3, 0.4) is 0 Å². The number of aliphatic carboxylic acids is 1. The molecule has 2 heterocycles. The zero-order chi connectivity index (χ0) is 22.8. The SMILES string of the molecule is CC(C)Oc1ccc(-c2nc(-c3cccc4c(C(=O)NCC(=O)O)c[nH]c34)no2)cc1Cl. The Morgan fingerprint density at radius 2 is 2.09 bits per heavy atom. The second-order valence-corrected chi connectivity index (χ2v) is 7.65. The molecule has 32 heavy (non-hydrogen) atoms. The summed E-state index contributed by atoms with van der Waals surface area (Å²) in [6.45, 7) is 3.36. The van der Waals surface area contributed by atoms with E-state index in [-0.39, 0.29) is 12.0 Å². The van der Waals surface area contributed by atoms with Crippen molar-refractivity contribution in [2.45, 2.75) is 20.0 Å². The van der Waals surface area contributed by atoms with Gasteiger partial charge in [-0.2, -0.15) is 4.98 Å². The van der Waals surface area contributed by atoms with Crippen molar-refractivity contribution in [3.05, 3.63) is 53.2 Å². The van der Waals surface area contributed by atoms with Crippen molar-refractivity contribution in [1.29, 1.82) is 0 Å². The molecule has 0 fully saturated rings. The van der Waals surface area contributed by atoms with Gasteiger partial charge in [-0.15, -0.1) is 0 Å². The van der Waals surface area contributed by atoms with Gasteiger partial charge in [0.1, 0.15) is 12.3 Å². The van der Waals surface area contributed by atoms with Gasteiger partial charge in [0.2, 0.25) is 5.82 Å². The Bertz CT molecular complexity index is 1310. The first-order chi connectivity index (χ1) is 15.3. The van der Waals surface area contributed by atoms with Crippen LogP contribution in [0.1, 0.15) is 24.2 Å². The number of amides is 1. The molecule has 0 atom stereocenters. The van der Waals surface area contributed by atoms with E-state index in [4.69, 9.17) is 26.0 Å². The number of aromatic nitrogens is 3. The van der Waals surface area contributed by atoms with Crippen molar-refractivity contribution in [3.63, 3.8) is 0 Å². The van der Waals surface area contributed by atoms with Crippen LogP contribution in [0, 0.1) is 0 Å². The van der Waals surface area contributed by atoms with Gasteiger partial charge in [0.15, 0.2) is 0 Å². The fourth-order valence-corrected chi connectivity index (χ4v) is 3.44. The maximum atomic E-state index is 12.3. The first-order valence-corrected chi connectivity index (χ1v) is 10.1. The molecule has 1 amide bonds. The van der Waals surface area contributed by atoms with Gasteiger partial charge in [-0.1, -0.05) is 28.9 Å². The van der Waals surface area contributed by atoms with E-state index in [0.717, 1.165) is 0 Å². The minimum atomic E-state index is -1.12. The van der Waals surface area contributed by atoms with Crippen molar-refractivity contribution < 1.29 is 24.0 Å². The molecule has 10 heteroatoms. The summed E-state index contributed by atoms with van der Waals surface area (Å²) in [5.74, 6) is -0.454. The maximum Gasteiger partial charge on any atom is 0.322 e. The van der Waals surface area contributed by atoms with E-state index in [2.05, 4.69) is 20.4 Å². The Labute approximate surface area is 187 Å². The van der Waals surface area contributed by atoms with Crippen LogP contribution in [0.15, 0.2) is 47.1 Å². The molecule has 9 nitrogen and oxygen atoms in total. The third-order valence-corrected chi connectivity index (χ3v) is 4.86. The van der Waals surface area contributed by atoms with E-state index >= 15 is 0 Å². The highest BCUT2D eigenvalue weighted by molar-refractivity contribution is 6.32. The molecule has 0 aliphatic rings.